The molecule has 10 nitrogen and oxygen atoms in total. The molecule has 0 bridgehead atoms. The molecule has 0 radical (unpaired) electrons. The lowest BCUT2D eigenvalue weighted by molar-refractivity contribution is -0.124. The lowest BCUT2D eigenvalue weighted by atomic mass is 10.1. The van der Waals surface area contributed by atoms with Gasteiger partial charge in [-0.05, 0) is 66.9 Å². The Morgan fingerprint density at radius 3 is 1.76 bits per heavy atom. The predicted octanol–water partition coefficient (Wildman–Crippen LogP) is 2.06. The first-order chi connectivity index (χ1) is 17.4. The molecule has 5 N–H and O–H groups in total. The van der Waals surface area contributed by atoms with E-state index in [4.69, 9.17) is 10.5 Å². The van der Waals surface area contributed by atoms with Crippen LogP contribution in [0.25, 0.3) is 21.8 Å². The molecule has 0 aliphatic heterocycles. The molecule has 0 saturated carbocycles. The molecule has 38 heavy (non-hydrogen) atoms. The molecule has 0 spiro atoms. The Bertz CT molecular complexity index is 1610. The molecule has 1 amide bonds. The topological polar surface area (TPSA) is 164 Å². The van der Waals surface area contributed by atoms with Crippen molar-refractivity contribution in [2.24, 2.45) is 5.73 Å². The standard InChI is InChI=1S/C14H18N2O4S.C11H14N2O2S.H2S/c1-20-9-14(17)15-6-5-10-8-16-13-4-3-11(7-12(10)13)21(2,18)19;1-16(14,15)9-2-3-11-10(6-9)8(4-5-12)7-13-11;/h3-4,7-8,16H,5-6,9H2,1-2H3,(H,15,17);2-3,6-7,13H,4-5,12H2,1H3;1H2. The van der Waals surface area contributed by atoms with Crippen molar-refractivity contribution in [3.63, 3.8) is 0 Å². The van der Waals surface area contributed by atoms with Crippen molar-refractivity contribution >= 4 is 60.9 Å². The van der Waals surface area contributed by atoms with E-state index >= 15 is 0 Å². The van der Waals surface area contributed by atoms with Gasteiger partial charge in [0, 0.05) is 60.4 Å². The molecule has 0 atom stereocenters. The summed E-state index contributed by atoms with van der Waals surface area (Å²) in [5.74, 6) is -0.172. The maximum absolute atomic E-state index is 11.6. The first kappa shape index (κ1) is 31.4. The highest BCUT2D eigenvalue weighted by atomic mass is 32.2. The van der Waals surface area contributed by atoms with Crippen molar-refractivity contribution in [1.29, 1.82) is 0 Å². The Hall–Kier alpha value is -2.84. The highest BCUT2D eigenvalue weighted by Crippen LogP contribution is 2.23. The molecule has 0 aliphatic carbocycles. The van der Waals surface area contributed by atoms with Gasteiger partial charge in [-0.1, -0.05) is 0 Å². The number of rotatable bonds is 9. The van der Waals surface area contributed by atoms with Crippen LogP contribution < -0.4 is 11.1 Å². The average molecular weight is 583 g/mol. The van der Waals surface area contributed by atoms with E-state index in [2.05, 4.69) is 15.3 Å². The number of H-pyrrole nitrogens is 2. The third-order valence-electron chi connectivity index (χ3n) is 5.74. The van der Waals surface area contributed by atoms with E-state index in [0.717, 1.165) is 39.4 Å². The number of ether oxygens (including phenoxy) is 1. The number of carbonyl (C=O) groups is 1. The molecule has 2 aromatic carbocycles. The number of nitrogens with two attached hydrogens (primary N) is 1. The SMILES string of the molecule is COCC(=O)NCCc1c[nH]c2ccc(S(C)(=O)=O)cc12.CS(=O)(=O)c1ccc2[nH]cc(CCN)c2c1.S. The molecular weight excluding hydrogens is 548 g/mol. The number of hydrogen-bond donors (Lipinski definition) is 4. The molecule has 0 fully saturated rings. The van der Waals surface area contributed by atoms with Crippen molar-refractivity contribution in [1.82, 2.24) is 15.3 Å². The Kier molecular flexibility index (Phi) is 11.0. The molecule has 4 aromatic rings. The number of amides is 1. The molecule has 208 valence electrons. The highest BCUT2D eigenvalue weighted by molar-refractivity contribution is 7.91. The molecule has 0 aliphatic rings. The lowest BCUT2D eigenvalue weighted by Gasteiger charge is -2.04. The summed E-state index contributed by atoms with van der Waals surface area (Å²) in [7, 11) is -4.92. The Balaban J connectivity index is 0.000000269. The highest BCUT2D eigenvalue weighted by Gasteiger charge is 2.12. The maximum atomic E-state index is 11.6. The molecular formula is C25H34N4O6S3. The summed E-state index contributed by atoms with van der Waals surface area (Å²) in [5, 5.41) is 4.53. The monoisotopic (exact) mass is 582 g/mol. The van der Waals surface area contributed by atoms with Crippen molar-refractivity contribution in [2.45, 2.75) is 22.6 Å². The van der Waals surface area contributed by atoms with Crippen molar-refractivity contribution in [3.8, 4) is 0 Å². The largest absolute Gasteiger partial charge is 0.375 e. The van der Waals surface area contributed by atoms with Crippen molar-refractivity contribution in [2.75, 3.05) is 39.3 Å². The number of fused-ring (bicyclic) bond motifs is 2. The minimum absolute atomic E-state index is 0. The second-order valence-corrected chi connectivity index (χ2v) is 12.7. The number of sulfone groups is 2. The van der Waals surface area contributed by atoms with E-state index in [0.29, 0.717) is 29.3 Å². The van der Waals surface area contributed by atoms with Crippen LogP contribution in [0.1, 0.15) is 11.1 Å². The van der Waals surface area contributed by atoms with Crippen LogP contribution in [0.5, 0.6) is 0 Å². The fourth-order valence-corrected chi connectivity index (χ4v) is 5.16. The van der Waals surface area contributed by atoms with E-state index in [1.165, 1.54) is 19.6 Å². The first-order valence-electron chi connectivity index (χ1n) is 11.5. The molecule has 2 aromatic heterocycles. The zero-order chi connectivity index (χ0) is 27.2. The minimum atomic E-state index is -3.23. The van der Waals surface area contributed by atoms with Gasteiger partial charge in [-0.15, -0.1) is 0 Å². The summed E-state index contributed by atoms with van der Waals surface area (Å²) in [6.45, 7) is 1.06. The van der Waals surface area contributed by atoms with Gasteiger partial charge >= 0.3 is 0 Å². The summed E-state index contributed by atoms with van der Waals surface area (Å²) in [5.41, 5.74) is 9.34. The average Bonchev–Trinajstić information content (AvgIpc) is 3.42. The van der Waals surface area contributed by atoms with Gasteiger partial charge in [-0.25, -0.2) is 16.8 Å². The second-order valence-electron chi connectivity index (χ2n) is 8.66. The normalized spacial score (nSPS) is 11.6. The predicted molar refractivity (Wildman–Crippen MR) is 155 cm³/mol. The number of hydrogen-bond acceptors (Lipinski definition) is 7. The van der Waals surface area contributed by atoms with Gasteiger partial charge in [-0.3, -0.25) is 4.79 Å². The summed E-state index contributed by atoms with van der Waals surface area (Å²) < 4.78 is 50.8. The number of nitrogens with one attached hydrogen (secondary N) is 3. The van der Waals surface area contributed by atoms with Gasteiger partial charge < -0.3 is 25.8 Å². The minimum Gasteiger partial charge on any atom is -0.375 e. The van der Waals surface area contributed by atoms with Crippen LogP contribution >= 0.6 is 13.5 Å². The lowest BCUT2D eigenvalue weighted by Crippen LogP contribution is -2.28. The number of methoxy groups -OCH3 is 1. The summed E-state index contributed by atoms with van der Waals surface area (Å²) in [4.78, 5) is 18.1. The van der Waals surface area contributed by atoms with Gasteiger partial charge in [0.15, 0.2) is 19.7 Å². The molecule has 4 rings (SSSR count). The van der Waals surface area contributed by atoms with Crippen molar-refractivity contribution < 1.29 is 26.4 Å². The van der Waals surface area contributed by atoms with Gasteiger partial charge in [0.25, 0.3) is 0 Å². The Morgan fingerprint density at radius 2 is 1.34 bits per heavy atom. The number of carbonyl (C=O) groups excluding carboxylic acids is 1. The van der Waals surface area contributed by atoms with E-state index in [1.807, 2.05) is 12.4 Å². The second kappa shape index (κ2) is 13.3. The zero-order valence-corrected chi connectivity index (χ0v) is 24.1. The van der Waals surface area contributed by atoms with Crippen LogP contribution in [0.3, 0.4) is 0 Å². The van der Waals surface area contributed by atoms with E-state index in [-0.39, 0.29) is 26.0 Å². The summed E-state index contributed by atoms with van der Waals surface area (Å²) in [6.07, 6.45) is 7.47. The van der Waals surface area contributed by atoms with Crippen LogP contribution in [-0.4, -0.2) is 72.0 Å². The van der Waals surface area contributed by atoms with E-state index < -0.39 is 19.7 Å². The van der Waals surface area contributed by atoms with Crippen LogP contribution in [0, 0.1) is 0 Å². The number of aromatic nitrogens is 2. The third-order valence-corrected chi connectivity index (χ3v) is 7.96. The van der Waals surface area contributed by atoms with Gasteiger partial charge in [-0.2, -0.15) is 13.5 Å². The van der Waals surface area contributed by atoms with Crippen molar-refractivity contribution in [3.05, 3.63) is 59.9 Å². The Morgan fingerprint density at radius 1 is 0.868 bits per heavy atom. The van der Waals surface area contributed by atoms with Gasteiger partial charge in [0.1, 0.15) is 6.61 Å². The van der Waals surface area contributed by atoms with Crippen LogP contribution in [0.4, 0.5) is 0 Å². The third kappa shape index (κ3) is 8.08. The quantitative estimate of drug-likeness (QED) is 0.235. The molecule has 2 heterocycles. The number of aromatic amines is 2. The molecule has 0 saturated heterocycles. The van der Waals surface area contributed by atoms with Gasteiger partial charge in [0.05, 0.1) is 9.79 Å². The fourth-order valence-electron chi connectivity index (χ4n) is 3.86. The van der Waals surface area contributed by atoms with Crippen LogP contribution in [0.2, 0.25) is 0 Å². The molecule has 0 unspecified atom stereocenters. The maximum Gasteiger partial charge on any atom is 0.245 e. The fraction of sp³-hybridized carbons (Fsp3) is 0.320. The van der Waals surface area contributed by atoms with E-state index in [1.54, 1.807) is 36.4 Å². The van der Waals surface area contributed by atoms with Gasteiger partial charge in [0.2, 0.25) is 5.91 Å². The Labute approximate surface area is 229 Å². The zero-order valence-electron chi connectivity index (χ0n) is 21.5. The summed E-state index contributed by atoms with van der Waals surface area (Å²) in [6, 6.07) is 10.1. The first-order valence-corrected chi connectivity index (χ1v) is 15.3. The number of benzene rings is 2. The summed E-state index contributed by atoms with van der Waals surface area (Å²) >= 11 is 0. The van der Waals surface area contributed by atoms with Crippen LogP contribution in [-0.2, 0) is 42.0 Å². The van der Waals surface area contributed by atoms with Crippen LogP contribution in [0.15, 0.2) is 58.6 Å². The van der Waals surface area contributed by atoms with E-state index in [9.17, 15) is 21.6 Å². The molecule has 13 heteroatoms. The smallest absolute Gasteiger partial charge is 0.245 e.